The van der Waals surface area contributed by atoms with E-state index in [9.17, 15) is 4.79 Å². The fourth-order valence-corrected chi connectivity index (χ4v) is 2.89. The number of fused-ring (bicyclic) bond motifs is 2. The van der Waals surface area contributed by atoms with Crippen LogP contribution in [0.15, 0.2) is 42.5 Å². The summed E-state index contributed by atoms with van der Waals surface area (Å²) in [5.41, 5.74) is 1.39. The van der Waals surface area contributed by atoms with E-state index >= 15 is 0 Å². The summed E-state index contributed by atoms with van der Waals surface area (Å²) in [5, 5.41) is 0. The fraction of sp³-hybridized carbons (Fsp3) is 0.278. The summed E-state index contributed by atoms with van der Waals surface area (Å²) >= 11 is 0. The first-order valence-electron chi connectivity index (χ1n) is 7.73. The predicted octanol–water partition coefficient (Wildman–Crippen LogP) is 3.23. The molecule has 2 heterocycles. The molecule has 1 unspecified atom stereocenters. The molecule has 0 saturated heterocycles. The van der Waals surface area contributed by atoms with E-state index < -0.39 is 0 Å². The molecule has 0 aromatic heterocycles. The number of rotatable bonds is 2. The molecule has 0 spiro atoms. The van der Waals surface area contributed by atoms with Gasteiger partial charge in [-0.25, -0.2) is 0 Å². The molecule has 0 aliphatic carbocycles. The zero-order valence-corrected chi connectivity index (χ0v) is 12.8. The van der Waals surface area contributed by atoms with Crippen LogP contribution >= 0.6 is 0 Å². The van der Waals surface area contributed by atoms with Crippen LogP contribution in [0.1, 0.15) is 23.7 Å². The van der Waals surface area contributed by atoms with Gasteiger partial charge in [-0.1, -0.05) is 19.1 Å². The van der Waals surface area contributed by atoms with Gasteiger partial charge in [0.25, 0.3) is 5.91 Å². The van der Waals surface area contributed by atoms with Crippen LogP contribution in [0.3, 0.4) is 0 Å². The Morgan fingerprint density at radius 3 is 2.83 bits per heavy atom. The Hall–Kier alpha value is -2.69. The molecule has 1 atom stereocenters. The first kappa shape index (κ1) is 13.9. The second kappa shape index (κ2) is 5.50. The number of anilines is 1. The second-order valence-corrected chi connectivity index (χ2v) is 5.60. The van der Waals surface area contributed by atoms with Crippen molar-refractivity contribution in [3.05, 3.63) is 48.0 Å². The van der Waals surface area contributed by atoms with Crippen LogP contribution < -0.4 is 19.1 Å². The molecule has 0 saturated carbocycles. The van der Waals surface area contributed by atoms with E-state index in [1.54, 1.807) is 23.1 Å². The third-order valence-corrected chi connectivity index (χ3v) is 4.16. The summed E-state index contributed by atoms with van der Waals surface area (Å²) in [6, 6.07) is 12.9. The normalized spacial score (nSPS) is 18.3. The number of benzene rings is 2. The summed E-state index contributed by atoms with van der Waals surface area (Å²) in [7, 11) is 0. The maximum absolute atomic E-state index is 13.0. The van der Waals surface area contributed by atoms with E-state index in [2.05, 4.69) is 6.92 Å². The van der Waals surface area contributed by atoms with Gasteiger partial charge in [-0.05, 0) is 36.8 Å². The van der Waals surface area contributed by atoms with Gasteiger partial charge in [-0.3, -0.25) is 4.79 Å². The van der Waals surface area contributed by atoms with E-state index in [0.29, 0.717) is 23.6 Å². The molecule has 5 nitrogen and oxygen atoms in total. The molecular formula is C18H17NO4. The average Bonchev–Trinajstić information content (AvgIpc) is 3.07. The minimum absolute atomic E-state index is 0.00265. The maximum Gasteiger partial charge on any atom is 0.258 e. The lowest BCUT2D eigenvalue weighted by molar-refractivity contribution is 0.0954. The highest BCUT2D eigenvalue weighted by molar-refractivity contribution is 6.07. The summed E-state index contributed by atoms with van der Waals surface area (Å²) in [5.74, 6) is 1.98. The number of para-hydroxylation sites is 2. The quantitative estimate of drug-likeness (QED) is 0.854. The highest BCUT2D eigenvalue weighted by Gasteiger charge is 2.30. The largest absolute Gasteiger partial charge is 0.486 e. The molecule has 2 aliphatic rings. The van der Waals surface area contributed by atoms with Crippen molar-refractivity contribution in [1.82, 2.24) is 0 Å². The topological polar surface area (TPSA) is 48.0 Å². The molecule has 23 heavy (non-hydrogen) atoms. The zero-order valence-electron chi connectivity index (χ0n) is 12.8. The van der Waals surface area contributed by atoms with Gasteiger partial charge in [0.1, 0.15) is 11.9 Å². The Morgan fingerprint density at radius 2 is 1.96 bits per heavy atom. The van der Waals surface area contributed by atoms with Crippen molar-refractivity contribution in [2.24, 2.45) is 0 Å². The van der Waals surface area contributed by atoms with Crippen LogP contribution in [0.25, 0.3) is 0 Å². The Bertz CT molecular complexity index is 758. The van der Waals surface area contributed by atoms with E-state index in [1.807, 2.05) is 24.3 Å². The lowest BCUT2D eigenvalue weighted by Gasteiger charge is -2.34. The molecule has 2 aliphatic heterocycles. The molecule has 1 amide bonds. The molecule has 5 heteroatoms. The minimum atomic E-state index is -0.0579. The van der Waals surface area contributed by atoms with Crippen LogP contribution in [-0.4, -0.2) is 25.3 Å². The van der Waals surface area contributed by atoms with Crippen molar-refractivity contribution in [3.63, 3.8) is 0 Å². The highest BCUT2D eigenvalue weighted by Crippen LogP contribution is 2.37. The smallest absolute Gasteiger partial charge is 0.258 e. The molecule has 2 aromatic carbocycles. The standard InChI is InChI=1S/C18H17NO4/c1-2-13-10-19(14-5-3-4-6-15(14)23-13)18(20)12-7-8-16-17(9-12)22-11-21-16/h3-9,13H,2,10-11H2,1H3. The van der Waals surface area contributed by atoms with Gasteiger partial charge in [0.15, 0.2) is 11.5 Å². The van der Waals surface area contributed by atoms with Crippen molar-refractivity contribution in [3.8, 4) is 17.2 Å². The second-order valence-electron chi connectivity index (χ2n) is 5.60. The van der Waals surface area contributed by atoms with Crippen molar-refractivity contribution in [1.29, 1.82) is 0 Å². The SMILES string of the molecule is CCC1CN(C(=O)c2ccc3c(c2)OCO3)c2ccccc2O1. The lowest BCUT2D eigenvalue weighted by Crippen LogP contribution is -2.43. The van der Waals surface area contributed by atoms with Gasteiger partial charge < -0.3 is 19.1 Å². The summed E-state index contributed by atoms with van der Waals surface area (Å²) in [4.78, 5) is 14.8. The molecule has 118 valence electrons. The monoisotopic (exact) mass is 311 g/mol. The van der Waals surface area contributed by atoms with Gasteiger partial charge in [-0.2, -0.15) is 0 Å². The van der Waals surface area contributed by atoms with E-state index in [1.165, 1.54) is 0 Å². The van der Waals surface area contributed by atoms with Crippen LogP contribution in [0, 0.1) is 0 Å². The molecule has 0 bridgehead atoms. The molecule has 0 N–H and O–H groups in total. The average molecular weight is 311 g/mol. The number of amides is 1. The zero-order chi connectivity index (χ0) is 15.8. The fourth-order valence-electron chi connectivity index (χ4n) is 2.89. The van der Waals surface area contributed by atoms with Gasteiger partial charge in [0.2, 0.25) is 6.79 Å². The van der Waals surface area contributed by atoms with Gasteiger partial charge in [-0.15, -0.1) is 0 Å². The number of carbonyl (C=O) groups excluding carboxylic acids is 1. The summed E-state index contributed by atoms with van der Waals surface area (Å²) in [6.45, 7) is 2.80. The van der Waals surface area contributed by atoms with Crippen LogP contribution in [0.4, 0.5) is 5.69 Å². The Labute approximate surface area is 134 Å². The lowest BCUT2D eigenvalue weighted by atomic mass is 10.1. The Balaban J connectivity index is 1.70. The number of ether oxygens (including phenoxy) is 3. The third-order valence-electron chi connectivity index (χ3n) is 4.16. The van der Waals surface area contributed by atoms with Gasteiger partial charge >= 0.3 is 0 Å². The predicted molar refractivity (Wildman–Crippen MR) is 85.4 cm³/mol. The first-order chi connectivity index (χ1) is 11.3. The molecule has 2 aromatic rings. The van der Waals surface area contributed by atoms with E-state index in [0.717, 1.165) is 17.9 Å². The van der Waals surface area contributed by atoms with Gasteiger partial charge in [0, 0.05) is 5.56 Å². The van der Waals surface area contributed by atoms with Crippen LogP contribution in [0.2, 0.25) is 0 Å². The van der Waals surface area contributed by atoms with E-state index in [-0.39, 0.29) is 18.8 Å². The third kappa shape index (κ3) is 2.38. The Morgan fingerprint density at radius 1 is 1.13 bits per heavy atom. The number of hydrogen-bond acceptors (Lipinski definition) is 4. The van der Waals surface area contributed by atoms with E-state index in [4.69, 9.17) is 14.2 Å². The van der Waals surface area contributed by atoms with Gasteiger partial charge in [0.05, 0.1) is 12.2 Å². The number of nitrogens with zero attached hydrogens (tertiary/aromatic N) is 1. The molecular weight excluding hydrogens is 294 g/mol. The van der Waals surface area contributed by atoms with Crippen LogP contribution in [0.5, 0.6) is 17.2 Å². The van der Waals surface area contributed by atoms with Crippen molar-refractivity contribution < 1.29 is 19.0 Å². The van der Waals surface area contributed by atoms with Crippen molar-refractivity contribution in [2.75, 3.05) is 18.2 Å². The number of hydrogen-bond donors (Lipinski definition) is 0. The molecule has 0 fully saturated rings. The molecule has 4 rings (SSSR count). The van der Waals surface area contributed by atoms with Crippen molar-refractivity contribution in [2.45, 2.75) is 19.4 Å². The number of carbonyl (C=O) groups is 1. The minimum Gasteiger partial charge on any atom is -0.486 e. The maximum atomic E-state index is 13.0. The highest BCUT2D eigenvalue weighted by atomic mass is 16.7. The summed E-state index contributed by atoms with van der Waals surface area (Å²) < 4.78 is 16.6. The first-order valence-corrected chi connectivity index (χ1v) is 7.73. The molecule has 0 radical (unpaired) electrons. The Kier molecular flexibility index (Phi) is 3.33. The van der Waals surface area contributed by atoms with Crippen molar-refractivity contribution >= 4 is 11.6 Å². The van der Waals surface area contributed by atoms with Crippen LogP contribution in [-0.2, 0) is 0 Å². The summed E-state index contributed by atoms with van der Waals surface area (Å²) in [6.07, 6.45) is 0.849.